The monoisotopic (exact) mass is 379 g/mol. The molecule has 3 heteroatoms. The molecule has 3 aromatic carbocycles. The molecule has 0 aliphatic heterocycles. The number of ether oxygens (including phenoxy) is 1. The van der Waals surface area contributed by atoms with E-state index in [0.29, 0.717) is 6.61 Å². The Morgan fingerprint density at radius 1 is 0.852 bits per heavy atom. The topological polar surface area (TPSA) is 21.3 Å². The Labute approximate surface area is 167 Å². The van der Waals surface area contributed by atoms with Gasteiger partial charge in [-0.1, -0.05) is 67.4 Å². The van der Waals surface area contributed by atoms with Crippen LogP contribution in [0.15, 0.2) is 72.8 Å². The molecule has 0 atom stereocenters. The number of hydrogen-bond acceptors (Lipinski definition) is 2. The molecule has 0 aliphatic carbocycles. The fraction of sp³-hybridized carbons (Fsp3) is 0.250. The Balaban J connectivity index is 1.48. The summed E-state index contributed by atoms with van der Waals surface area (Å²) in [7, 11) is 0. The number of unbranched alkanes of at least 4 members (excludes halogenated alkanes) is 1. The van der Waals surface area contributed by atoms with Crippen LogP contribution >= 0.6 is 11.6 Å². The summed E-state index contributed by atoms with van der Waals surface area (Å²) in [5.41, 5.74) is 4.76. The predicted octanol–water partition coefficient (Wildman–Crippen LogP) is 6.87. The minimum absolute atomic E-state index is 0.474. The van der Waals surface area contributed by atoms with E-state index in [1.54, 1.807) is 0 Å². The Morgan fingerprint density at radius 3 is 2.26 bits per heavy atom. The summed E-state index contributed by atoms with van der Waals surface area (Å²) in [6.45, 7) is 3.49. The van der Waals surface area contributed by atoms with Crippen molar-refractivity contribution in [2.75, 3.05) is 5.32 Å². The third-order valence-corrected chi connectivity index (χ3v) is 4.91. The lowest BCUT2D eigenvalue weighted by atomic mass is 10.1. The number of halogens is 1. The van der Waals surface area contributed by atoms with E-state index in [0.717, 1.165) is 35.0 Å². The van der Waals surface area contributed by atoms with E-state index in [1.807, 2.05) is 36.4 Å². The average molecular weight is 380 g/mol. The SMILES string of the molecule is CCCCc1ccc(NCc2ccc(OCc3ccccc3Cl)cc2)cc1. The third-order valence-electron chi connectivity index (χ3n) is 4.55. The minimum Gasteiger partial charge on any atom is -0.489 e. The molecule has 0 spiro atoms. The Hall–Kier alpha value is -2.45. The Kier molecular flexibility index (Phi) is 7.18. The highest BCUT2D eigenvalue weighted by molar-refractivity contribution is 6.31. The van der Waals surface area contributed by atoms with Crippen molar-refractivity contribution in [2.24, 2.45) is 0 Å². The summed E-state index contributed by atoms with van der Waals surface area (Å²) in [5, 5.41) is 4.21. The lowest BCUT2D eigenvalue weighted by molar-refractivity contribution is 0.306. The highest BCUT2D eigenvalue weighted by Crippen LogP contribution is 2.19. The largest absolute Gasteiger partial charge is 0.489 e. The molecule has 3 aromatic rings. The van der Waals surface area contributed by atoms with Gasteiger partial charge in [0, 0.05) is 22.8 Å². The van der Waals surface area contributed by atoms with Crippen LogP contribution in [0.4, 0.5) is 5.69 Å². The Morgan fingerprint density at radius 2 is 1.56 bits per heavy atom. The van der Waals surface area contributed by atoms with Crippen LogP contribution in [0.1, 0.15) is 36.5 Å². The second-order valence-electron chi connectivity index (χ2n) is 6.68. The number of hydrogen-bond donors (Lipinski definition) is 1. The van der Waals surface area contributed by atoms with Crippen LogP contribution in [-0.4, -0.2) is 0 Å². The number of anilines is 1. The van der Waals surface area contributed by atoms with Crippen molar-refractivity contribution in [3.05, 3.63) is 94.5 Å². The molecule has 0 aromatic heterocycles. The molecule has 140 valence electrons. The molecule has 0 bridgehead atoms. The van der Waals surface area contributed by atoms with Crippen LogP contribution in [-0.2, 0) is 19.6 Å². The van der Waals surface area contributed by atoms with E-state index in [9.17, 15) is 0 Å². The lowest BCUT2D eigenvalue weighted by Crippen LogP contribution is -2.00. The van der Waals surface area contributed by atoms with Gasteiger partial charge in [0.25, 0.3) is 0 Å². The van der Waals surface area contributed by atoms with Crippen molar-refractivity contribution in [3.63, 3.8) is 0 Å². The van der Waals surface area contributed by atoms with Gasteiger partial charge in [-0.2, -0.15) is 0 Å². The number of rotatable bonds is 9. The zero-order valence-electron chi connectivity index (χ0n) is 15.7. The van der Waals surface area contributed by atoms with E-state index in [4.69, 9.17) is 16.3 Å². The van der Waals surface area contributed by atoms with Crippen molar-refractivity contribution in [1.29, 1.82) is 0 Å². The molecule has 0 saturated carbocycles. The van der Waals surface area contributed by atoms with Crippen LogP contribution in [0.25, 0.3) is 0 Å². The van der Waals surface area contributed by atoms with Crippen molar-refractivity contribution in [3.8, 4) is 5.75 Å². The van der Waals surface area contributed by atoms with Gasteiger partial charge in [-0.3, -0.25) is 0 Å². The third kappa shape index (κ3) is 6.04. The summed E-state index contributed by atoms with van der Waals surface area (Å²) in [4.78, 5) is 0. The second kappa shape index (κ2) is 10.0. The summed E-state index contributed by atoms with van der Waals surface area (Å²) in [5.74, 6) is 0.846. The highest BCUT2D eigenvalue weighted by Gasteiger charge is 2.01. The first-order chi connectivity index (χ1) is 13.2. The fourth-order valence-electron chi connectivity index (χ4n) is 2.85. The van der Waals surface area contributed by atoms with E-state index < -0.39 is 0 Å². The molecule has 0 radical (unpaired) electrons. The van der Waals surface area contributed by atoms with E-state index >= 15 is 0 Å². The molecule has 0 unspecified atom stereocenters. The Bertz CT molecular complexity index is 828. The molecule has 2 nitrogen and oxygen atoms in total. The molecular formula is C24H26ClNO. The zero-order valence-corrected chi connectivity index (χ0v) is 16.5. The van der Waals surface area contributed by atoms with Gasteiger partial charge in [0.05, 0.1) is 0 Å². The van der Waals surface area contributed by atoms with Gasteiger partial charge in [0.15, 0.2) is 0 Å². The maximum Gasteiger partial charge on any atom is 0.119 e. The normalized spacial score (nSPS) is 10.6. The minimum atomic E-state index is 0.474. The van der Waals surface area contributed by atoms with Crippen LogP contribution in [0.5, 0.6) is 5.75 Å². The van der Waals surface area contributed by atoms with E-state index in [1.165, 1.54) is 24.0 Å². The van der Waals surface area contributed by atoms with Crippen LogP contribution in [0, 0.1) is 0 Å². The van der Waals surface area contributed by atoms with E-state index in [2.05, 4.69) is 48.6 Å². The van der Waals surface area contributed by atoms with Gasteiger partial charge in [0.2, 0.25) is 0 Å². The summed E-state index contributed by atoms with van der Waals surface area (Å²) in [6.07, 6.45) is 3.64. The maximum atomic E-state index is 6.16. The highest BCUT2D eigenvalue weighted by atomic mass is 35.5. The van der Waals surface area contributed by atoms with Crippen LogP contribution < -0.4 is 10.1 Å². The molecule has 27 heavy (non-hydrogen) atoms. The second-order valence-corrected chi connectivity index (χ2v) is 7.09. The molecule has 0 saturated heterocycles. The van der Waals surface area contributed by atoms with Gasteiger partial charge in [-0.15, -0.1) is 0 Å². The standard InChI is InChI=1S/C24H26ClNO/c1-2-3-6-19-9-13-22(14-10-19)26-17-20-11-15-23(16-12-20)27-18-21-7-4-5-8-24(21)25/h4-5,7-16,26H,2-3,6,17-18H2,1H3. The van der Waals surface area contributed by atoms with E-state index in [-0.39, 0.29) is 0 Å². The zero-order chi connectivity index (χ0) is 18.9. The summed E-state index contributed by atoms with van der Waals surface area (Å²) >= 11 is 6.16. The predicted molar refractivity (Wildman–Crippen MR) is 115 cm³/mol. The fourth-order valence-corrected chi connectivity index (χ4v) is 3.04. The summed E-state index contributed by atoms with van der Waals surface area (Å²) < 4.78 is 5.83. The lowest BCUT2D eigenvalue weighted by Gasteiger charge is -2.10. The molecule has 1 N–H and O–H groups in total. The smallest absolute Gasteiger partial charge is 0.119 e. The number of nitrogens with one attached hydrogen (secondary N) is 1. The van der Waals surface area contributed by atoms with Crippen molar-refractivity contribution in [2.45, 2.75) is 39.3 Å². The van der Waals surface area contributed by atoms with Gasteiger partial charge in [-0.05, 0) is 54.3 Å². The first-order valence-electron chi connectivity index (χ1n) is 9.52. The molecular weight excluding hydrogens is 354 g/mol. The molecule has 0 amide bonds. The quantitative estimate of drug-likeness (QED) is 0.437. The number of aryl methyl sites for hydroxylation is 1. The number of benzene rings is 3. The molecule has 3 rings (SSSR count). The first kappa shape index (κ1) is 19.3. The van der Waals surface area contributed by atoms with Crippen LogP contribution in [0.2, 0.25) is 5.02 Å². The molecule has 0 aliphatic rings. The van der Waals surface area contributed by atoms with Gasteiger partial charge in [-0.25, -0.2) is 0 Å². The molecule has 0 heterocycles. The van der Waals surface area contributed by atoms with Crippen molar-refractivity contribution < 1.29 is 4.74 Å². The van der Waals surface area contributed by atoms with Crippen molar-refractivity contribution >= 4 is 17.3 Å². The van der Waals surface area contributed by atoms with Crippen molar-refractivity contribution in [1.82, 2.24) is 0 Å². The van der Waals surface area contributed by atoms with Gasteiger partial charge in [0.1, 0.15) is 12.4 Å². The molecule has 0 fully saturated rings. The van der Waals surface area contributed by atoms with Gasteiger partial charge >= 0.3 is 0 Å². The van der Waals surface area contributed by atoms with Gasteiger partial charge < -0.3 is 10.1 Å². The van der Waals surface area contributed by atoms with Crippen LogP contribution in [0.3, 0.4) is 0 Å². The average Bonchev–Trinajstić information content (AvgIpc) is 2.72. The maximum absolute atomic E-state index is 6.16. The first-order valence-corrected chi connectivity index (χ1v) is 9.90. The summed E-state index contributed by atoms with van der Waals surface area (Å²) in [6, 6.07) is 24.7.